The number of nitrogens with zero attached hydrogens (tertiary/aromatic N) is 1. The maximum Gasteiger partial charge on any atom is 0.267 e. The van der Waals surface area contributed by atoms with E-state index in [2.05, 4.69) is 15.2 Å². The van der Waals surface area contributed by atoms with E-state index in [0.717, 1.165) is 18.8 Å². The molecule has 4 nitrogen and oxygen atoms in total. The van der Waals surface area contributed by atoms with Crippen LogP contribution in [-0.4, -0.2) is 29.6 Å². The van der Waals surface area contributed by atoms with Gasteiger partial charge in [0.15, 0.2) is 0 Å². The molecule has 2 aliphatic rings. The molecule has 1 aliphatic heterocycles. The molecule has 4 heteroatoms. The molecule has 0 bridgehead atoms. The van der Waals surface area contributed by atoms with Crippen LogP contribution in [-0.2, 0) is 0 Å². The molecule has 0 aromatic carbocycles. The quantitative estimate of drug-likeness (QED) is 0.871. The molecule has 1 unspecified atom stereocenters. The fourth-order valence-electron chi connectivity index (χ4n) is 2.97. The van der Waals surface area contributed by atoms with Crippen LogP contribution in [0, 0.1) is 0 Å². The van der Waals surface area contributed by atoms with Gasteiger partial charge in [-0.2, -0.15) is 0 Å². The van der Waals surface area contributed by atoms with Gasteiger partial charge < -0.3 is 15.2 Å². The lowest BCUT2D eigenvalue weighted by atomic mass is 9.93. The topological polar surface area (TPSA) is 46.1 Å². The highest BCUT2D eigenvalue weighted by molar-refractivity contribution is 5.92. The van der Waals surface area contributed by atoms with Gasteiger partial charge in [0, 0.05) is 24.8 Å². The Balaban J connectivity index is 1.56. The fourth-order valence-corrected chi connectivity index (χ4v) is 2.97. The van der Waals surface area contributed by atoms with E-state index in [4.69, 9.17) is 0 Å². The second-order valence-corrected chi connectivity index (χ2v) is 5.74. The van der Waals surface area contributed by atoms with Gasteiger partial charge in [-0.3, -0.25) is 4.79 Å². The number of nitrogens with one attached hydrogen (secondary N) is 2. The molecule has 1 aromatic rings. The molecule has 1 aromatic heterocycles. The minimum Gasteiger partial charge on any atom is -0.349 e. The van der Waals surface area contributed by atoms with Crippen molar-refractivity contribution < 1.29 is 4.79 Å². The molecule has 19 heavy (non-hydrogen) atoms. The zero-order valence-corrected chi connectivity index (χ0v) is 11.4. The molecule has 1 saturated carbocycles. The summed E-state index contributed by atoms with van der Waals surface area (Å²) in [7, 11) is 0. The molecule has 104 valence electrons. The van der Waals surface area contributed by atoms with Crippen molar-refractivity contribution in [1.29, 1.82) is 0 Å². The maximum absolute atomic E-state index is 12.3. The smallest absolute Gasteiger partial charge is 0.267 e. The summed E-state index contributed by atoms with van der Waals surface area (Å²) in [5.41, 5.74) is 0.820. The number of carbonyl (C=O) groups is 1. The van der Waals surface area contributed by atoms with Crippen LogP contribution < -0.4 is 10.6 Å². The predicted molar refractivity (Wildman–Crippen MR) is 75.3 cm³/mol. The molecular formula is C15H23N3O. The predicted octanol–water partition coefficient (Wildman–Crippen LogP) is 2.08. The van der Waals surface area contributed by atoms with Gasteiger partial charge >= 0.3 is 0 Å². The summed E-state index contributed by atoms with van der Waals surface area (Å²) in [5, 5.41) is 6.53. The Labute approximate surface area is 114 Å². The van der Waals surface area contributed by atoms with Crippen molar-refractivity contribution >= 4 is 5.91 Å². The molecule has 2 heterocycles. The lowest BCUT2D eigenvalue weighted by Crippen LogP contribution is -2.43. The zero-order valence-electron chi connectivity index (χ0n) is 11.4. The first kappa shape index (κ1) is 12.7. The number of hydrogen-bond donors (Lipinski definition) is 2. The number of rotatable bonds is 4. The van der Waals surface area contributed by atoms with Crippen LogP contribution in [0.4, 0.5) is 0 Å². The van der Waals surface area contributed by atoms with E-state index >= 15 is 0 Å². The number of piperidine rings is 1. The van der Waals surface area contributed by atoms with Crippen molar-refractivity contribution in [3.63, 3.8) is 0 Å². The van der Waals surface area contributed by atoms with E-state index in [1.54, 1.807) is 0 Å². The lowest BCUT2D eigenvalue weighted by molar-refractivity contribution is 0.0932. The van der Waals surface area contributed by atoms with E-state index in [0.29, 0.717) is 12.1 Å². The summed E-state index contributed by atoms with van der Waals surface area (Å²) in [4.78, 5) is 12.3. The minimum absolute atomic E-state index is 0.0734. The van der Waals surface area contributed by atoms with Crippen molar-refractivity contribution in [2.45, 2.75) is 50.6 Å². The Morgan fingerprint density at radius 1 is 1.32 bits per heavy atom. The number of aromatic nitrogens is 1. The summed E-state index contributed by atoms with van der Waals surface area (Å²) < 4.78 is 2.15. The van der Waals surface area contributed by atoms with E-state index < -0.39 is 0 Å². The van der Waals surface area contributed by atoms with E-state index in [9.17, 15) is 4.79 Å². The van der Waals surface area contributed by atoms with E-state index in [-0.39, 0.29) is 5.91 Å². The Morgan fingerprint density at radius 2 is 2.21 bits per heavy atom. The molecule has 0 radical (unpaired) electrons. The van der Waals surface area contributed by atoms with Crippen LogP contribution in [0.5, 0.6) is 0 Å². The first-order valence-electron chi connectivity index (χ1n) is 7.53. The van der Waals surface area contributed by atoms with Crippen LogP contribution >= 0.6 is 0 Å². The van der Waals surface area contributed by atoms with Crippen molar-refractivity contribution in [3.05, 3.63) is 24.0 Å². The highest BCUT2D eigenvalue weighted by atomic mass is 16.1. The summed E-state index contributed by atoms with van der Waals surface area (Å²) in [6.45, 7) is 1.83. The Bertz CT molecular complexity index is 430. The Hall–Kier alpha value is -1.29. The second kappa shape index (κ2) is 5.78. The average molecular weight is 261 g/mol. The molecule has 3 rings (SSSR count). The Kier molecular flexibility index (Phi) is 3.87. The van der Waals surface area contributed by atoms with Gasteiger partial charge in [0.25, 0.3) is 5.91 Å². The van der Waals surface area contributed by atoms with Gasteiger partial charge in [-0.25, -0.2) is 0 Å². The van der Waals surface area contributed by atoms with Gasteiger partial charge in [0.05, 0.1) is 0 Å². The molecule has 2 N–H and O–H groups in total. The minimum atomic E-state index is 0.0734. The van der Waals surface area contributed by atoms with Gasteiger partial charge in [-0.1, -0.05) is 6.42 Å². The van der Waals surface area contributed by atoms with Crippen LogP contribution in [0.2, 0.25) is 0 Å². The first-order valence-corrected chi connectivity index (χ1v) is 7.53. The maximum atomic E-state index is 12.3. The standard InChI is InChI=1S/C15H23N3O/c19-15(17-11-12-5-1-2-9-16-12)14-8-4-10-18(14)13-6-3-7-13/h4,8,10,12-13,16H,1-3,5-7,9,11H2,(H,17,19). The number of hydrogen-bond acceptors (Lipinski definition) is 2. The summed E-state index contributed by atoms with van der Waals surface area (Å²) in [6, 6.07) is 4.90. The first-order chi connectivity index (χ1) is 9.34. The summed E-state index contributed by atoms with van der Waals surface area (Å²) in [5.74, 6) is 0.0734. The third-order valence-corrected chi connectivity index (χ3v) is 4.40. The van der Waals surface area contributed by atoms with Gasteiger partial charge in [-0.15, -0.1) is 0 Å². The summed E-state index contributed by atoms with van der Waals surface area (Å²) >= 11 is 0. The summed E-state index contributed by atoms with van der Waals surface area (Å²) in [6.07, 6.45) is 9.44. The average Bonchev–Trinajstić information content (AvgIpc) is 2.84. The third kappa shape index (κ3) is 2.84. The third-order valence-electron chi connectivity index (χ3n) is 4.40. The number of carbonyl (C=O) groups excluding carboxylic acids is 1. The number of amides is 1. The lowest BCUT2D eigenvalue weighted by Gasteiger charge is -2.29. The van der Waals surface area contributed by atoms with E-state index in [1.165, 1.54) is 38.5 Å². The Morgan fingerprint density at radius 3 is 2.89 bits per heavy atom. The van der Waals surface area contributed by atoms with Gasteiger partial charge in [-0.05, 0) is 50.8 Å². The largest absolute Gasteiger partial charge is 0.349 e. The van der Waals surface area contributed by atoms with Crippen LogP contribution in [0.1, 0.15) is 55.1 Å². The second-order valence-electron chi connectivity index (χ2n) is 5.74. The van der Waals surface area contributed by atoms with Crippen LogP contribution in [0.3, 0.4) is 0 Å². The zero-order chi connectivity index (χ0) is 13.1. The molecule has 2 fully saturated rings. The monoisotopic (exact) mass is 261 g/mol. The van der Waals surface area contributed by atoms with Crippen LogP contribution in [0.25, 0.3) is 0 Å². The molecule has 0 spiro atoms. The highest BCUT2D eigenvalue weighted by Crippen LogP contribution is 2.32. The fraction of sp³-hybridized carbons (Fsp3) is 0.667. The molecule has 1 saturated heterocycles. The van der Waals surface area contributed by atoms with Crippen LogP contribution in [0.15, 0.2) is 18.3 Å². The molecule has 1 aliphatic carbocycles. The van der Waals surface area contributed by atoms with Crippen molar-refractivity contribution in [3.8, 4) is 0 Å². The normalized spacial score (nSPS) is 23.9. The molecular weight excluding hydrogens is 238 g/mol. The van der Waals surface area contributed by atoms with Gasteiger partial charge in [0.1, 0.15) is 5.69 Å². The molecule has 1 amide bonds. The van der Waals surface area contributed by atoms with E-state index in [1.807, 2.05) is 18.3 Å². The van der Waals surface area contributed by atoms with Crippen molar-refractivity contribution in [1.82, 2.24) is 15.2 Å². The van der Waals surface area contributed by atoms with Gasteiger partial charge in [0.2, 0.25) is 0 Å². The highest BCUT2D eigenvalue weighted by Gasteiger charge is 2.23. The van der Waals surface area contributed by atoms with Crippen molar-refractivity contribution in [2.75, 3.05) is 13.1 Å². The molecule has 1 atom stereocenters. The SMILES string of the molecule is O=C(NCC1CCCCN1)c1cccn1C1CCC1. The van der Waals surface area contributed by atoms with Crippen molar-refractivity contribution in [2.24, 2.45) is 0 Å².